The largest absolute Gasteiger partial charge is 0.381 e. The van der Waals surface area contributed by atoms with E-state index in [1.165, 1.54) is 0 Å². The van der Waals surface area contributed by atoms with E-state index in [0.29, 0.717) is 35.5 Å². The van der Waals surface area contributed by atoms with Gasteiger partial charge in [-0.05, 0) is 35.5 Å². The average molecular weight is 257 g/mol. The lowest BCUT2D eigenvalue weighted by atomic mass is 9.55. The van der Waals surface area contributed by atoms with E-state index >= 15 is 0 Å². The highest BCUT2D eigenvalue weighted by atomic mass is 35.5. The van der Waals surface area contributed by atoms with Gasteiger partial charge in [0, 0.05) is 5.03 Å². The molecule has 0 radical (unpaired) electrons. The Morgan fingerprint density at radius 3 is 2.56 bits per heavy atom. The van der Waals surface area contributed by atoms with Gasteiger partial charge in [-0.15, -0.1) is 11.6 Å². The van der Waals surface area contributed by atoms with Crippen LogP contribution in [0, 0.1) is 35.5 Å². The van der Waals surface area contributed by atoms with Gasteiger partial charge in [0.1, 0.15) is 0 Å². The summed E-state index contributed by atoms with van der Waals surface area (Å²) in [6.07, 6.45) is 6.97. The molecule has 5 rings (SSSR count). The summed E-state index contributed by atoms with van der Waals surface area (Å²) in [6, 6.07) is 0. The quantitative estimate of drug-likeness (QED) is 0.478. The highest BCUT2D eigenvalue weighted by molar-refractivity contribution is 6.38. The molecule has 3 heteroatoms. The van der Waals surface area contributed by atoms with Gasteiger partial charge in [0.05, 0.1) is 18.6 Å². The third-order valence-corrected chi connectivity index (χ3v) is 6.00. The summed E-state index contributed by atoms with van der Waals surface area (Å²) in [7, 11) is 0. The molecule has 0 aromatic rings. The first kappa shape index (κ1) is 9.99. The van der Waals surface area contributed by atoms with Crippen molar-refractivity contribution >= 4 is 23.2 Å². The number of hydrogen-bond acceptors (Lipinski definition) is 1. The van der Waals surface area contributed by atoms with Gasteiger partial charge >= 0.3 is 0 Å². The highest BCUT2D eigenvalue weighted by Crippen LogP contribution is 2.59. The van der Waals surface area contributed by atoms with Crippen LogP contribution in [0.3, 0.4) is 0 Å². The predicted octanol–water partition coefficient (Wildman–Crippen LogP) is 3.04. The molecule has 2 bridgehead atoms. The van der Waals surface area contributed by atoms with Crippen molar-refractivity contribution in [3.8, 4) is 0 Å². The average Bonchev–Trinajstić information content (AvgIpc) is 2.87. The maximum absolute atomic E-state index is 6.45. The van der Waals surface area contributed by atoms with Crippen LogP contribution in [0.25, 0.3) is 0 Å². The molecule has 7 atom stereocenters. The lowest BCUT2D eigenvalue weighted by Crippen LogP contribution is -2.48. The van der Waals surface area contributed by atoms with Gasteiger partial charge in [-0.1, -0.05) is 29.8 Å². The predicted molar refractivity (Wildman–Crippen MR) is 64.5 cm³/mol. The number of halogens is 2. The minimum atomic E-state index is 0.0330. The zero-order valence-electron chi connectivity index (χ0n) is 8.85. The van der Waals surface area contributed by atoms with E-state index in [9.17, 15) is 0 Å². The third-order valence-electron chi connectivity index (χ3n) is 5.00. The lowest BCUT2D eigenvalue weighted by molar-refractivity contribution is 0.0699. The molecular formula is C13H14Cl2O. The molecule has 0 aromatic carbocycles. The van der Waals surface area contributed by atoms with Crippen LogP contribution in [0.1, 0.15) is 0 Å². The van der Waals surface area contributed by atoms with Crippen LogP contribution < -0.4 is 0 Å². The Bertz CT molecular complexity index is 389. The summed E-state index contributed by atoms with van der Waals surface area (Å²) in [6.45, 7) is 1.85. The molecule has 1 heterocycles. The third kappa shape index (κ3) is 1.07. The second kappa shape index (κ2) is 3.28. The van der Waals surface area contributed by atoms with Crippen molar-refractivity contribution in [2.24, 2.45) is 35.5 Å². The van der Waals surface area contributed by atoms with Gasteiger partial charge in [-0.2, -0.15) is 0 Å². The second-order valence-corrected chi connectivity index (χ2v) is 6.42. The topological polar surface area (TPSA) is 9.23 Å². The van der Waals surface area contributed by atoms with E-state index in [4.69, 9.17) is 27.9 Å². The number of rotatable bonds is 0. The second-order valence-electron chi connectivity index (χ2n) is 5.51. The van der Waals surface area contributed by atoms with Crippen LogP contribution in [-0.2, 0) is 4.74 Å². The molecule has 1 saturated heterocycles. The fourth-order valence-corrected chi connectivity index (χ4v) is 5.03. The fraction of sp³-hybridized carbons (Fsp3) is 0.692. The smallest absolute Gasteiger partial charge is 0.0728 e. The Hall–Kier alpha value is 0.0200. The van der Waals surface area contributed by atoms with Gasteiger partial charge in [0.25, 0.3) is 0 Å². The molecule has 1 aliphatic heterocycles. The molecule has 0 spiro atoms. The van der Waals surface area contributed by atoms with E-state index in [0.717, 1.165) is 18.2 Å². The Labute approximate surface area is 105 Å². The molecule has 5 aliphatic rings. The Morgan fingerprint density at radius 1 is 1.06 bits per heavy atom. The van der Waals surface area contributed by atoms with Crippen molar-refractivity contribution in [1.29, 1.82) is 0 Å². The summed E-state index contributed by atoms with van der Waals surface area (Å²) in [5.41, 5.74) is 0. The molecule has 2 fully saturated rings. The standard InChI is InChI=1S/C13H14Cl2O/c14-11-3-8-6-1-2-7(12(8)13(11)15)10-5-16-4-9(6)10/h1-3,6-10,12-13H,4-5H2/t6-,7-,8?,9-,10+,12?,13?/m1/s1. The van der Waals surface area contributed by atoms with Crippen molar-refractivity contribution in [2.75, 3.05) is 13.2 Å². The van der Waals surface area contributed by atoms with Crippen molar-refractivity contribution < 1.29 is 4.74 Å². The first-order chi connectivity index (χ1) is 7.77. The number of ether oxygens (including phenoxy) is 1. The molecule has 1 saturated carbocycles. The molecule has 1 nitrogen and oxygen atoms in total. The maximum Gasteiger partial charge on any atom is 0.0728 e. The van der Waals surface area contributed by atoms with E-state index in [1.807, 2.05) is 0 Å². The molecule has 4 aliphatic carbocycles. The number of alkyl halides is 1. The van der Waals surface area contributed by atoms with Crippen LogP contribution in [0.2, 0.25) is 0 Å². The molecule has 0 aromatic heterocycles. The maximum atomic E-state index is 6.45. The van der Waals surface area contributed by atoms with Gasteiger partial charge < -0.3 is 4.74 Å². The highest BCUT2D eigenvalue weighted by Gasteiger charge is 2.56. The molecular weight excluding hydrogens is 243 g/mol. The van der Waals surface area contributed by atoms with Crippen LogP contribution >= 0.6 is 23.2 Å². The van der Waals surface area contributed by atoms with Gasteiger partial charge in [0.15, 0.2) is 0 Å². The van der Waals surface area contributed by atoms with E-state index in [1.54, 1.807) is 0 Å². The van der Waals surface area contributed by atoms with E-state index < -0.39 is 0 Å². The molecule has 3 unspecified atom stereocenters. The molecule has 0 amide bonds. The van der Waals surface area contributed by atoms with Crippen LogP contribution in [0.5, 0.6) is 0 Å². The number of allylic oxidation sites excluding steroid dienone is 4. The van der Waals surface area contributed by atoms with Gasteiger partial charge in [-0.3, -0.25) is 0 Å². The SMILES string of the molecule is ClC1=CC2C(C1Cl)[C@@H]1C=C[C@H]2[C@H]2COC[C@H]21. The zero-order chi connectivity index (χ0) is 10.9. The van der Waals surface area contributed by atoms with E-state index in [2.05, 4.69) is 18.2 Å². The molecule has 86 valence electrons. The summed E-state index contributed by atoms with van der Waals surface area (Å²) in [4.78, 5) is 0. The van der Waals surface area contributed by atoms with Crippen LogP contribution in [0.15, 0.2) is 23.3 Å². The normalized spacial score (nSPS) is 57.4. The zero-order valence-corrected chi connectivity index (χ0v) is 10.4. The number of hydrogen-bond donors (Lipinski definition) is 0. The minimum Gasteiger partial charge on any atom is -0.381 e. The Balaban J connectivity index is 1.79. The van der Waals surface area contributed by atoms with Crippen molar-refractivity contribution in [3.05, 3.63) is 23.3 Å². The summed E-state index contributed by atoms with van der Waals surface area (Å²) in [5, 5.41) is 0.905. The molecule has 0 N–H and O–H groups in total. The Kier molecular flexibility index (Phi) is 2.05. The summed E-state index contributed by atoms with van der Waals surface area (Å²) < 4.78 is 5.66. The van der Waals surface area contributed by atoms with Crippen LogP contribution in [0.4, 0.5) is 0 Å². The van der Waals surface area contributed by atoms with Crippen molar-refractivity contribution in [1.82, 2.24) is 0 Å². The fourth-order valence-electron chi connectivity index (χ4n) is 4.34. The lowest BCUT2D eigenvalue weighted by Gasteiger charge is -2.49. The monoisotopic (exact) mass is 256 g/mol. The first-order valence-electron chi connectivity index (χ1n) is 6.05. The summed E-state index contributed by atoms with van der Waals surface area (Å²) >= 11 is 12.7. The van der Waals surface area contributed by atoms with E-state index in [-0.39, 0.29) is 5.38 Å². The van der Waals surface area contributed by atoms with Crippen molar-refractivity contribution in [2.45, 2.75) is 5.38 Å². The Morgan fingerprint density at radius 2 is 1.75 bits per heavy atom. The van der Waals surface area contributed by atoms with Gasteiger partial charge in [-0.25, -0.2) is 0 Å². The van der Waals surface area contributed by atoms with Crippen LogP contribution in [-0.4, -0.2) is 18.6 Å². The van der Waals surface area contributed by atoms with Crippen molar-refractivity contribution in [3.63, 3.8) is 0 Å². The molecule has 16 heavy (non-hydrogen) atoms. The summed E-state index contributed by atoms with van der Waals surface area (Å²) in [5.74, 6) is 3.67. The van der Waals surface area contributed by atoms with Gasteiger partial charge in [0.2, 0.25) is 0 Å². The first-order valence-corrected chi connectivity index (χ1v) is 6.86. The minimum absolute atomic E-state index is 0.0330.